The van der Waals surface area contributed by atoms with Crippen LogP contribution < -0.4 is 5.32 Å². The summed E-state index contributed by atoms with van der Waals surface area (Å²) < 4.78 is 0. The second-order valence-corrected chi connectivity index (χ2v) is 5.67. The third kappa shape index (κ3) is 4.81. The average molecular weight is 312 g/mol. The molecular formula is C15H22BrNO. The van der Waals surface area contributed by atoms with E-state index >= 15 is 0 Å². The summed E-state index contributed by atoms with van der Waals surface area (Å²) in [5.41, 5.74) is 1.26. The monoisotopic (exact) mass is 311 g/mol. The summed E-state index contributed by atoms with van der Waals surface area (Å²) in [6, 6.07) is 10.4. The minimum Gasteiger partial charge on any atom is -0.353 e. The van der Waals surface area contributed by atoms with Gasteiger partial charge in [0.05, 0.1) is 0 Å². The van der Waals surface area contributed by atoms with Crippen LogP contribution in [0.2, 0.25) is 0 Å². The molecule has 1 aromatic rings. The van der Waals surface area contributed by atoms with Crippen molar-refractivity contribution in [1.29, 1.82) is 0 Å². The van der Waals surface area contributed by atoms with Crippen molar-refractivity contribution in [2.45, 2.75) is 33.2 Å². The fourth-order valence-electron chi connectivity index (χ4n) is 1.79. The van der Waals surface area contributed by atoms with Crippen LogP contribution in [0.3, 0.4) is 0 Å². The topological polar surface area (TPSA) is 29.1 Å². The minimum absolute atomic E-state index is 0.0441. The lowest BCUT2D eigenvalue weighted by Crippen LogP contribution is -2.39. The van der Waals surface area contributed by atoms with Crippen LogP contribution in [0.1, 0.15) is 26.3 Å². The van der Waals surface area contributed by atoms with Gasteiger partial charge in [0.25, 0.3) is 0 Å². The molecule has 0 saturated carbocycles. The predicted octanol–water partition coefficient (Wildman–Crippen LogP) is 3.40. The van der Waals surface area contributed by atoms with Gasteiger partial charge in [-0.3, -0.25) is 4.79 Å². The lowest BCUT2D eigenvalue weighted by Gasteiger charge is -2.20. The summed E-state index contributed by atoms with van der Waals surface area (Å²) in [7, 11) is 0. The van der Waals surface area contributed by atoms with E-state index < -0.39 is 0 Å². The maximum absolute atomic E-state index is 12.0. The zero-order valence-corrected chi connectivity index (χ0v) is 12.9. The van der Waals surface area contributed by atoms with Crippen molar-refractivity contribution in [3.05, 3.63) is 35.9 Å². The fraction of sp³-hybridized carbons (Fsp3) is 0.533. The lowest BCUT2D eigenvalue weighted by atomic mass is 9.96. The molecule has 0 aromatic heterocycles. The Hall–Kier alpha value is -0.830. The number of carbonyl (C=O) groups is 1. The molecule has 0 fully saturated rings. The molecule has 100 valence electrons. The highest BCUT2D eigenvalue weighted by atomic mass is 79.9. The van der Waals surface area contributed by atoms with Crippen molar-refractivity contribution in [1.82, 2.24) is 5.32 Å². The van der Waals surface area contributed by atoms with Gasteiger partial charge in [0, 0.05) is 17.3 Å². The molecule has 3 heteroatoms. The van der Waals surface area contributed by atoms with Gasteiger partial charge in [-0.1, -0.05) is 60.1 Å². The van der Waals surface area contributed by atoms with Crippen LogP contribution in [0.5, 0.6) is 0 Å². The van der Waals surface area contributed by atoms with E-state index in [-0.39, 0.29) is 17.9 Å². The zero-order valence-electron chi connectivity index (χ0n) is 11.3. The molecule has 18 heavy (non-hydrogen) atoms. The third-order valence-corrected chi connectivity index (χ3v) is 4.31. The largest absolute Gasteiger partial charge is 0.353 e. The molecule has 1 aromatic carbocycles. The third-order valence-electron chi connectivity index (χ3n) is 3.28. The molecule has 3 unspecified atom stereocenters. The minimum atomic E-state index is 0.0441. The van der Waals surface area contributed by atoms with E-state index in [1.54, 1.807) is 0 Å². The van der Waals surface area contributed by atoms with Gasteiger partial charge in [-0.05, 0) is 24.8 Å². The van der Waals surface area contributed by atoms with E-state index in [9.17, 15) is 4.79 Å². The molecule has 0 radical (unpaired) electrons. The van der Waals surface area contributed by atoms with Gasteiger partial charge in [0.15, 0.2) is 0 Å². The highest BCUT2D eigenvalue weighted by Gasteiger charge is 2.20. The Morgan fingerprint density at radius 3 is 2.39 bits per heavy atom. The van der Waals surface area contributed by atoms with Crippen molar-refractivity contribution >= 4 is 21.8 Å². The maximum atomic E-state index is 12.0. The van der Waals surface area contributed by atoms with Gasteiger partial charge in [-0.2, -0.15) is 0 Å². The Bertz CT molecular complexity index is 366. The fourth-order valence-corrected chi connectivity index (χ4v) is 2.35. The van der Waals surface area contributed by atoms with Crippen molar-refractivity contribution in [2.24, 2.45) is 11.8 Å². The highest BCUT2D eigenvalue weighted by molar-refractivity contribution is 9.09. The Balaban J connectivity index is 2.45. The first-order valence-corrected chi connectivity index (χ1v) is 7.57. The molecule has 0 aliphatic carbocycles. The van der Waals surface area contributed by atoms with Gasteiger partial charge < -0.3 is 5.32 Å². The molecule has 3 atom stereocenters. The smallest absolute Gasteiger partial charge is 0.223 e. The van der Waals surface area contributed by atoms with E-state index in [2.05, 4.69) is 47.2 Å². The number of amides is 1. The van der Waals surface area contributed by atoms with E-state index in [0.29, 0.717) is 5.92 Å². The summed E-state index contributed by atoms with van der Waals surface area (Å²) in [5, 5.41) is 3.94. The second-order valence-electron chi connectivity index (χ2n) is 5.02. The van der Waals surface area contributed by atoms with Crippen LogP contribution >= 0.6 is 15.9 Å². The molecule has 0 aliphatic heterocycles. The highest BCUT2D eigenvalue weighted by Crippen LogP contribution is 2.14. The number of rotatable bonds is 6. The van der Waals surface area contributed by atoms with Gasteiger partial charge in [-0.15, -0.1) is 0 Å². The number of alkyl halides is 1. The predicted molar refractivity (Wildman–Crippen MR) is 79.9 cm³/mol. The average Bonchev–Trinajstić information content (AvgIpc) is 2.37. The normalized spacial score (nSPS) is 15.8. The lowest BCUT2D eigenvalue weighted by molar-refractivity contribution is -0.126. The van der Waals surface area contributed by atoms with Gasteiger partial charge >= 0.3 is 0 Å². The van der Waals surface area contributed by atoms with Crippen molar-refractivity contribution in [2.75, 3.05) is 5.33 Å². The molecule has 0 heterocycles. The van der Waals surface area contributed by atoms with Crippen LogP contribution in [-0.2, 0) is 11.2 Å². The zero-order chi connectivity index (χ0) is 13.5. The summed E-state index contributed by atoms with van der Waals surface area (Å²) in [5.74, 6) is 0.543. The van der Waals surface area contributed by atoms with Crippen LogP contribution in [-0.4, -0.2) is 17.3 Å². The van der Waals surface area contributed by atoms with Crippen molar-refractivity contribution in [3.8, 4) is 0 Å². The van der Waals surface area contributed by atoms with Crippen LogP contribution in [0.15, 0.2) is 30.3 Å². The first-order chi connectivity index (χ1) is 8.54. The number of benzene rings is 1. The van der Waals surface area contributed by atoms with E-state index in [1.165, 1.54) is 5.56 Å². The number of halogens is 1. The molecule has 1 N–H and O–H groups in total. The molecule has 1 amide bonds. The summed E-state index contributed by atoms with van der Waals surface area (Å²) in [6.07, 6.45) is 0.877. The van der Waals surface area contributed by atoms with E-state index in [1.807, 2.05) is 25.1 Å². The molecular weight excluding hydrogens is 290 g/mol. The Morgan fingerprint density at radius 2 is 1.83 bits per heavy atom. The molecule has 0 saturated heterocycles. The molecule has 1 rings (SSSR count). The maximum Gasteiger partial charge on any atom is 0.223 e. The Kier molecular flexibility index (Phi) is 6.41. The summed E-state index contributed by atoms with van der Waals surface area (Å²) in [4.78, 5) is 12.0. The number of hydrogen-bond donors (Lipinski definition) is 1. The molecule has 0 aliphatic rings. The Morgan fingerprint density at radius 1 is 1.22 bits per heavy atom. The van der Waals surface area contributed by atoms with E-state index in [4.69, 9.17) is 0 Å². The summed E-state index contributed by atoms with van der Waals surface area (Å²) >= 11 is 3.42. The van der Waals surface area contributed by atoms with E-state index in [0.717, 1.165) is 11.8 Å². The second kappa shape index (κ2) is 7.57. The Labute approximate surface area is 118 Å². The van der Waals surface area contributed by atoms with Crippen LogP contribution in [0.4, 0.5) is 0 Å². The molecule has 0 spiro atoms. The van der Waals surface area contributed by atoms with Gasteiger partial charge in [0.2, 0.25) is 5.91 Å². The van der Waals surface area contributed by atoms with Gasteiger partial charge in [0.1, 0.15) is 0 Å². The first kappa shape index (κ1) is 15.2. The first-order valence-electron chi connectivity index (χ1n) is 6.44. The SMILES string of the molecule is CC(Cc1ccccc1)NC(=O)C(C)C(C)CBr. The molecule has 2 nitrogen and oxygen atoms in total. The van der Waals surface area contributed by atoms with Gasteiger partial charge in [-0.25, -0.2) is 0 Å². The van der Waals surface area contributed by atoms with Crippen molar-refractivity contribution in [3.63, 3.8) is 0 Å². The van der Waals surface area contributed by atoms with Crippen molar-refractivity contribution < 1.29 is 4.79 Å². The molecule has 0 bridgehead atoms. The summed E-state index contributed by atoms with van der Waals surface area (Å²) in [6.45, 7) is 6.12. The number of nitrogens with one attached hydrogen (secondary N) is 1. The van der Waals surface area contributed by atoms with Crippen LogP contribution in [0.25, 0.3) is 0 Å². The quantitative estimate of drug-likeness (QED) is 0.802. The van der Waals surface area contributed by atoms with Crippen LogP contribution in [0, 0.1) is 11.8 Å². The standard InChI is InChI=1S/C15H22BrNO/c1-11(10-16)13(3)15(18)17-12(2)9-14-7-5-4-6-8-14/h4-8,11-13H,9-10H2,1-3H3,(H,17,18). The number of hydrogen-bond acceptors (Lipinski definition) is 1. The number of carbonyl (C=O) groups excluding carboxylic acids is 1.